The molecular weight excluding hydrogens is 190 g/mol. The summed E-state index contributed by atoms with van der Waals surface area (Å²) < 4.78 is 2.02. The highest BCUT2D eigenvalue weighted by Crippen LogP contribution is 1.93. The maximum atomic E-state index is 11.4. The van der Waals surface area contributed by atoms with Gasteiger partial charge in [-0.25, -0.2) is 0 Å². The molecule has 1 atom stereocenters. The van der Waals surface area contributed by atoms with Crippen LogP contribution in [0.4, 0.5) is 0 Å². The molecule has 1 heterocycles. The molecular formula is C11H19N3O. The predicted octanol–water partition coefficient (Wildman–Crippen LogP) is 0.732. The fourth-order valence-corrected chi connectivity index (χ4v) is 1.40. The van der Waals surface area contributed by atoms with Crippen LogP contribution in [-0.2, 0) is 11.3 Å². The molecule has 1 aromatic rings. The minimum atomic E-state index is -0.361. The lowest BCUT2D eigenvalue weighted by atomic mass is 10.2. The van der Waals surface area contributed by atoms with Crippen molar-refractivity contribution in [3.63, 3.8) is 0 Å². The maximum Gasteiger partial charge on any atom is 0.236 e. The van der Waals surface area contributed by atoms with Gasteiger partial charge in [0.15, 0.2) is 0 Å². The summed E-state index contributed by atoms with van der Waals surface area (Å²) >= 11 is 0. The van der Waals surface area contributed by atoms with Gasteiger partial charge in [0.1, 0.15) is 0 Å². The molecule has 15 heavy (non-hydrogen) atoms. The topological polar surface area (TPSA) is 60.1 Å². The number of nitrogens with two attached hydrogens (primary N) is 1. The number of nitrogens with one attached hydrogen (secondary N) is 1. The van der Waals surface area contributed by atoms with Crippen LogP contribution in [0.1, 0.15) is 19.8 Å². The van der Waals surface area contributed by atoms with Gasteiger partial charge >= 0.3 is 0 Å². The zero-order chi connectivity index (χ0) is 11.1. The highest BCUT2D eigenvalue weighted by atomic mass is 16.2. The SMILES string of the molecule is CCCC(N)C(=O)NCCn1cccc1. The molecule has 84 valence electrons. The van der Waals surface area contributed by atoms with E-state index in [4.69, 9.17) is 5.73 Å². The smallest absolute Gasteiger partial charge is 0.236 e. The van der Waals surface area contributed by atoms with Gasteiger partial charge in [-0.2, -0.15) is 0 Å². The minimum Gasteiger partial charge on any atom is -0.353 e. The third-order valence-electron chi connectivity index (χ3n) is 2.27. The van der Waals surface area contributed by atoms with Crippen molar-refractivity contribution in [3.8, 4) is 0 Å². The average Bonchev–Trinajstić information content (AvgIpc) is 2.71. The standard InChI is InChI=1S/C11H19N3O/c1-2-5-10(12)11(15)13-6-9-14-7-3-4-8-14/h3-4,7-8,10H,2,5-6,9,12H2,1H3,(H,13,15). The molecule has 0 aliphatic carbocycles. The van der Waals surface area contributed by atoms with Crippen molar-refractivity contribution in [2.45, 2.75) is 32.4 Å². The Morgan fingerprint density at radius 2 is 2.13 bits per heavy atom. The Hall–Kier alpha value is -1.29. The van der Waals surface area contributed by atoms with Crippen molar-refractivity contribution in [2.24, 2.45) is 5.73 Å². The quantitative estimate of drug-likeness (QED) is 0.725. The number of rotatable bonds is 6. The second kappa shape index (κ2) is 6.24. The van der Waals surface area contributed by atoms with Gasteiger partial charge in [0.2, 0.25) is 5.91 Å². The summed E-state index contributed by atoms with van der Waals surface area (Å²) in [5.74, 6) is -0.0518. The number of nitrogens with zero attached hydrogens (tertiary/aromatic N) is 1. The molecule has 0 spiro atoms. The number of aromatic nitrogens is 1. The van der Waals surface area contributed by atoms with Crippen molar-refractivity contribution >= 4 is 5.91 Å². The lowest BCUT2D eigenvalue weighted by Crippen LogP contribution is -2.41. The molecule has 0 aromatic carbocycles. The van der Waals surface area contributed by atoms with E-state index < -0.39 is 0 Å². The Kier molecular flexibility index (Phi) is 4.90. The molecule has 1 rings (SSSR count). The fourth-order valence-electron chi connectivity index (χ4n) is 1.40. The van der Waals surface area contributed by atoms with E-state index >= 15 is 0 Å². The van der Waals surface area contributed by atoms with E-state index in [1.807, 2.05) is 36.0 Å². The van der Waals surface area contributed by atoms with Gasteiger partial charge in [-0.1, -0.05) is 13.3 Å². The van der Waals surface area contributed by atoms with Gasteiger partial charge in [-0.15, -0.1) is 0 Å². The van der Waals surface area contributed by atoms with Gasteiger partial charge in [-0.3, -0.25) is 4.79 Å². The lowest BCUT2D eigenvalue weighted by Gasteiger charge is -2.11. The Bertz CT molecular complexity index is 282. The zero-order valence-electron chi connectivity index (χ0n) is 9.15. The third-order valence-corrected chi connectivity index (χ3v) is 2.27. The monoisotopic (exact) mass is 209 g/mol. The van der Waals surface area contributed by atoms with Gasteiger partial charge in [0, 0.05) is 25.5 Å². The third kappa shape index (κ3) is 4.16. The number of carbonyl (C=O) groups excluding carboxylic acids is 1. The Morgan fingerprint density at radius 3 is 2.73 bits per heavy atom. The van der Waals surface area contributed by atoms with E-state index in [1.54, 1.807) is 0 Å². The summed E-state index contributed by atoms with van der Waals surface area (Å²) in [5, 5.41) is 2.82. The Morgan fingerprint density at radius 1 is 1.47 bits per heavy atom. The van der Waals surface area contributed by atoms with E-state index in [2.05, 4.69) is 5.32 Å². The number of amides is 1. The van der Waals surface area contributed by atoms with Crippen LogP contribution in [-0.4, -0.2) is 23.1 Å². The second-order valence-corrected chi connectivity index (χ2v) is 3.61. The van der Waals surface area contributed by atoms with Crippen molar-refractivity contribution < 1.29 is 4.79 Å². The first-order valence-electron chi connectivity index (χ1n) is 5.38. The second-order valence-electron chi connectivity index (χ2n) is 3.61. The molecule has 4 heteroatoms. The van der Waals surface area contributed by atoms with Gasteiger partial charge in [-0.05, 0) is 18.6 Å². The first-order chi connectivity index (χ1) is 7.24. The summed E-state index contributed by atoms with van der Waals surface area (Å²) in [5.41, 5.74) is 5.67. The Balaban J connectivity index is 2.17. The van der Waals surface area contributed by atoms with Crippen LogP contribution >= 0.6 is 0 Å². The summed E-state index contributed by atoms with van der Waals surface area (Å²) in [6.45, 7) is 3.44. The molecule has 0 saturated heterocycles. The molecule has 0 bridgehead atoms. The van der Waals surface area contributed by atoms with Gasteiger partial charge in [0.05, 0.1) is 6.04 Å². The van der Waals surface area contributed by atoms with Crippen LogP contribution in [0.5, 0.6) is 0 Å². The summed E-state index contributed by atoms with van der Waals surface area (Å²) in [7, 11) is 0. The molecule has 1 amide bonds. The van der Waals surface area contributed by atoms with E-state index in [-0.39, 0.29) is 11.9 Å². The van der Waals surface area contributed by atoms with E-state index in [0.717, 1.165) is 19.4 Å². The van der Waals surface area contributed by atoms with Gasteiger partial charge in [0.25, 0.3) is 0 Å². The highest BCUT2D eigenvalue weighted by molar-refractivity contribution is 5.81. The van der Waals surface area contributed by atoms with Crippen LogP contribution < -0.4 is 11.1 Å². The number of hydrogen-bond donors (Lipinski definition) is 2. The normalized spacial score (nSPS) is 12.4. The van der Waals surface area contributed by atoms with Crippen LogP contribution in [0.3, 0.4) is 0 Å². The Labute approximate surface area is 90.5 Å². The largest absolute Gasteiger partial charge is 0.353 e. The first kappa shape index (κ1) is 11.8. The van der Waals surface area contributed by atoms with Crippen LogP contribution in [0.15, 0.2) is 24.5 Å². The molecule has 0 aliphatic heterocycles. The van der Waals surface area contributed by atoms with Crippen molar-refractivity contribution in [3.05, 3.63) is 24.5 Å². The van der Waals surface area contributed by atoms with Crippen LogP contribution in [0, 0.1) is 0 Å². The number of carbonyl (C=O) groups is 1. The van der Waals surface area contributed by atoms with Crippen molar-refractivity contribution in [2.75, 3.05) is 6.54 Å². The predicted molar refractivity (Wildman–Crippen MR) is 60.3 cm³/mol. The molecule has 4 nitrogen and oxygen atoms in total. The first-order valence-corrected chi connectivity index (χ1v) is 5.38. The summed E-state index contributed by atoms with van der Waals surface area (Å²) in [6.07, 6.45) is 5.62. The fraction of sp³-hybridized carbons (Fsp3) is 0.545. The molecule has 0 fully saturated rings. The minimum absolute atomic E-state index is 0.0518. The van der Waals surface area contributed by atoms with Crippen molar-refractivity contribution in [1.29, 1.82) is 0 Å². The van der Waals surface area contributed by atoms with Crippen LogP contribution in [0.2, 0.25) is 0 Å². The van der Waals surface area contributed by atoms with Crippen molar-refractivity contribution in [1.82, 2.24) is 9.88 Å². The molecule has 1 aromatic heterocycles. The highest BCUT2D eigenvalue weighted by Gasteiger charge is 2.10. The molecule has 0 aliphatic rings. The number of hydrogen-bond acceptors (Lipinski definition) is 2. The lowest BCUT2D eigenvalue weighted by molar-refractivity contribution is -0.122. The molecule has 0 radical (unpaired) electrons. The maximum absolute atomic E-state index is 11.4. The summed E-state index contributed by atoms with van der Waals surface area (Å²) in [4.78, 5) is 11.4. The average molecular weight is 209 g/mol. The molecule has 1 unspecified atom stereocenters. The molecule has 3 N–H and O–H groups in total. The molecule has 0 saturated carbocycles. The van der Waals surface area contributed by atoms with E-state index in [9.17, 15) is 4.79 Å². The van der Waals surface area contributed by atoms with E-state index in [0.29, 0.717) is 6.54 Å². The van der Waals surface area contributed by atoms with E-state index in [1.165, 1.54) is 0 Å². The van der Waals surface area contributed by atoms with Gasteiger partial charge < -0.3 is 15.6 Å². The van der Waals surface area contributed by atoms with Crippen LogP contribution in [0.25, 0.3) is 0 Å². The summed E-state index contributed by atoms with van der Waals surface area (Å²) in [6, 6.07) is 3.56. The zero-order valence-corrected chi connectivity index (χ0v) is 9.15.